The van der Waals surface area contributed by atoms with Crippen molar-refractivity contribution in [1.82, 2.24) is 15.0 Å². The Bertz CT molecular complexity index is 1450. The van der Waals surface area contributed by atoms with Gasteiger partial charge in [0.15, 0.2) is 5.58 Å². The third-order valence-corrected chi connectivity index (χ3v) is 6.31. The van der Waals surface area contributed by atoms with Crippen LogP contribution in [-0.4, -0.2) is 40.5 Å². The molecule has 9 nitrogen and oxygen atoms in total. The van der Waals surface area contributed by atoms with Crippen molar-refractivity contribution in [2.45, 2.75) is 25.3 Å². The summed E-state index contributed by atoms with van der Waals surface area (Å²) < 4.78 is 6.08. The number of oxazole rings is 1. The van der Waals surface area contributed by atoms with E-state index in [9.17, 15) is 10.1 Å². The van der Waals surface area contributed by atoms with Crippen molar-refractivity contribution in [3.63, 3.8) is 0 Å². The molecule has 1 aliphatic heterocycles. The van der Waals surface area contributed by atoms with Crippen LogP contribution >= 0.6 is 0 Å². The Labute approximate surface area is 189 Å². The highest BCUT2D eigenvalue weighted by molar-refractivity contribution is 6.03. The minimum absolute atomic E-state index is 0.00218. The molecule has 0 spiro atoms. The van der Waals surface area contributed by atoms with Crippen LogP contribution in [0.5, 0.6) is 0 Å². The van der Waals surface area contributed by atoms with Gasteiger partial charge >= 0.3 is 0 Å². The first-order valence-corrected chi connectivity index (χ1v) is 11.0. The highest BCUT2D eigenvalue weighted by atomic mass is 16.3. The Hall–Kier alpha value is -4.19. The summed E-state index contributed by atoms with van der Waals surface area (Å²) in [7, 11) is 1.80. The van der Waals surface area contributed by atoms with E-state index in [0.717, 1.165) is 42.3 Å². The molecule has 0 radical (unpaired) electrons. The van der Waals surface area contributed by atoms with Gasteiger partial charge in [0, 0.05) is 48.4 Å². The van der Waals surface area contributed by atoms with Crippen molar-refractivity contribution >= 4 is 45.1 Å². The van der Waals surface area contributed by atoms with Gasteiger partial charge in [0.2, 0.25) is 11.8 Å². The number of anilines is 3. The van der Waals surface area contributed by atoms with Gasteiger partial charge in [-0.05, 0) is 43.5 Å². The summed E-state index contributed by atoms with van der Waals surface area (Å²) in [4.78, 5) is 27.9. The Morgan fingerprint density at radius 1 is 1.18 bits per heavy atom. The number of aromatic nitrogens is 3. The zero-order valence-corrected chi connectivity index (χ0v) is 18.0. The van der Waals surface area contributed by atoms with Crippen molar-refractivity contribution in [2.24, 2.45) is 5.92 Å². The smallest absolute Gasteiger partial charge is 0.229 e. The molecule has 1 saturated carbocycles. The Balaban J connectivity index is 1.42. The summed E-state index contributed by atoms with van der Waals surface area (Å²) >= 11 is 0. The van der Waals surface area contributed by atoms with Gasteiger partial charge in [-0.2, -0.15) is 5.26 Å². The molecule has 1 aromatic carbocycles. The first kappa shape index (κ1) is 19.5. The topological polar surface area (TPSA) is 120 Å². The molecular formula is C24H21N7O2. The molecule has 3 aromatic heterocycles. The zero-order valence-electron chi connectivity index (χ0n) is 18.0. The average Bonchev–Trinajstić information content (AvgIpc) is 3.57. The van der Waals surface area contributed by atoms with Crippen LogP contribution in [0, 0.1) is 17.2 Å². The maximum Gasteiger partial charge on any atom is 0.229 e. The quantitative estimate of drug-likeness (QED) is 0.480. The predicted octanol–water partition coefficient (Wildman–Crippen LogP) is 3.93. The van der Waals surface area contributed by atoms with Crippen molar-refractivity contribution < 1.29 is 9.21 Å². The van der Waals surface area contributed by atoms with Gasteiger partial charge in [0.05, 0.1) is 11.6 Å². The lowest BCUT2D eigenvalue weighted by atomic mass is 10.0. The lowest BCUT2D eigenvalue weighted by Gasteiger charge is -2.38. The number of hydrogen-bond acceptors (Lipinski definition) is 8. The number of amides is 1. The molecule has 1 aliphatic carbocycles. The number of carbonyl (C=O) groups is 1. The van der Waals surface area contributed by atoms with Crippen LogP contribution in [0.15, 0.2) is 41.1 Å². The molecule has 2 aliphatic rings. The van der Waals surface area contributed by atoms with Crippen LogP contribution in [-0.2, 0) is 4.79 Å². The first-order chi connectivity index (χ1) is 16.1. The Kier molecular flexibility index (Phi) is 4.40. The highest BCUT2D eigenvalue weighted by Gasteiger charge is 2.30. The van der Waals surface area contributed by atoms with Gasteiger partial charge in [-0.3, -0.25) is 4.79 Å². The fourth-order valence-electron chi connectivity index (χ4n) is 4.19. The van der Waals surface area contributed by atoms with Gasteiger partial charge < -0.3 is 20.0 Å². The SMILES string of the molecule is CNc1ncc(-c2nc3cc(N4CCC4C#N)ccc3o2)c2cc(NC(=O)C3CC3)ncc12. The van der Waals surface area contributed by atoms with E-state index in [1.807, 2.05) is 24.3 Å². The van der Waals surface area contributed by atoms with Crippen molar-refractivity contribution in [3.05, 3.63) is 36.7 Å². The van der Waals surface area contributed by atoms with Crippen LogP contribution in [0.25, 0.3) is 33.3 Å². The number of hydrogen-bond donors (Lipinski definition) is 2. The van der Waals surface area contributed by atoms with E-state index in [4.69, 9.17) is 9.40 Å². The molecule has 2 N–H and O–H groups in total. The largest absolute Gasteiger partial charge is 0.436 e. The standard InChI is InChI=1S/C24H21N7O2/c1-26-22-17-11-27-21(30-23(32)13-2-3-13)9-16(17)18(12-28-22)24-29-19-8-14(4-5-20(19)33-24)31-7-6-15(31)10-25/h4-5,8-9,11-13,15H,2-3,6-7H2,1H3,(H,26,28)(H,27,30,32). The maximum absolute atomic E-state index is 12.2. The normalized spacial score (nSPS) is 17.6. The molecule has 33 heavy (non-hydrogen) atoms. The number of nitrogens with one attached hydrogen (secondary N) is 2. The molecule has 4 aromatic rings. The van der Waals surface area contributed by atoms with E-state index in [1.54, 1.807) is 19.4 Å². The monoisotopic (exact) mass is 439 g/mol. The van der Waals surface area contributed by atoms with Crippen LogP contribution in [0.2, 0.25) is 0 Å². The molecule has 164 valence electrons. The van der Waals surface area contributed by atoms with Gasteiger partial charge in [-0.25, -0.2) is 15.0 Å². The van der Waals surface area contributed by atoms with Gasteiger partial charge in [0.1, 0.15) is 23.2 Å². The van der Waals surface area contributed by atoms with Gasteiger partial charge in [0.25, 0.3) is 0 Å². The van der Waals surface area contributed by atoms with Crippen LogP contribution in [0.1, 0.15) is 19.3 Å². The molecule has 4 heterocycles. The lowest BCUT2D eigenvalue weighted by molar-refractivity contribution is -0.117. The van der Waals surface area contributed by atoms with E-state index >= 15 is 0 Å². The molecule has 6 rings (SSSR count). The number of rotatable bonds is 5. The maximum atomic E-state index is 12.2. The minimum atomic E-state index is -0.0900. The predicted molar refractivity (Wildman–Crippen MR) is 125 cm³/mol. The average molecular weight is 439 g/mol. The van der Waals surface area contributed by atoms with E-state index in [2.05, 4.69) is 31.6 Å². The minimum Gasteiger partial charge on any atom is -0.436 e. The molecule has 9 heteroatoms. The number of nitriles is 1. The molecule has 1 amide bonds. The molecule has 1 saturated heterocycles. The number of pyridine rings is 2. The first-order valence-electron chi connectivity index (χ1n) is 11.0. The van der Waals surface area contributed by atoms with Gasteiger partial charge in [-0.1, -0.05) is 0 Å². The third kappa shape index (κ3) is 3.31. The van der Waals surface area contributed by atoms with Gasteiger partial charge in [-0.15, -0.1) is 0 Å². The summed E-state index contributed by atoms with van der Waals surface area (Å²) in [5.74, 6) is 1.70. The van der Waals surface area contributed by atoms with Crippen LogP contribution in [0.4, 0.5) is 17.3 Å². The number of nitrogens with zero attached hydrogens (tertiary/aromatic N) is 5. The van der Waals surface area contributed by atoms with E-state index < -0.39 is 0 Å². The molecule has 1 unspecified atom stereocenters. The van der Waals surface area contributed by atoms with Crippen molar-refractivity contribution in [3.8, 4) is 17.5 Å². The number of carbonyl (C=O) groups excluding carboxylic acids is 1. The number of benzene rings is 1. The second-order valence-electron chi connectivity index (χ2n) is 8.45. The Morgan fingerprint density at radius 2 is 2.06 bits per heavy atom. The fraction of sp³-hybridized carbons (Fsp3) is 0.292. The third-order valence-electron chi connectivity index (χ3n) is 6.31. The second-order valence-corrected chi connectivity index (χ2v) is 8.45. The van der Waals surface area contributed by atoms with Crippen LogP contribution < -0.4 is 15.5 Å². The molecule has 1 atom stereocenters. The second kappa shape index (κ2) is 7.45. The summed E-state index contributed by atoms with van der Waals surface area (Å²) in [6, 6.07) is 9.86. The lowest BCUT2D eigenvalue weighted by Crippen LogP contribution is -2.46. The Morgan fingerprint density at radius 3 is 2.79 bits per heavy atom. The van der Waals surface area contributed by atoms with Crippen molar-refractivity contribution in [2.75, 3.05) is 29.1 Å². The van der Waals surface area contributed by atoms with Crippen LogP contribution in [0.3, 0.4) is 0 Å². The summed E-state index contributed by atoms with van der Waals surface area (Å²) in [6.07, 6.45) is 6.15. The highest BCUT2D eigenvalue weighted by Crippen LogP contribution is 2.36. The van der Waals surface area contributed by atoms with E-state index in [0.29, 0.717) is 34.2 Å². The summed E-state index contributed by atoms with van der Waals surface area (Å²) in [5.41, 5.74) is 3.05. The van der Waals surface area contributed by atoms with E-state index in [-0.39, 0.29) is 17.9 Å². The molecular weight excluding hydrogens is 418 g/mol. The molecule has 2 fully saturated rings. The summed E-state index contributed by atoms with van der Waals surface area (Å²) in [6.45, 7) is 0.858. The summed E-state index contributed by atoms with van der Waals surface area (Å²) in [5, 5.41) is 16.9. The zero-order chi connectivity index (χ0) is 22.5. The van der Waals surface area contributed by atoms with Crippen molar-refractivity contribution in [1.29, 1.82) is 5.26 Å². The fourth-order valence-corrected chi connectivity index (χ4v) is 4.19. The number of fused-ring (bicyclic) bond motifs is 2. The van der Waals surface area contributed by atoms with E-state index in [1.165, 1.54) is 0 Å². The molecule has 0 bridgehead atoms.